The monoisotopic (exact) mass is 634 g/mol. The van der Waals surface area contributed by atoms with Crippen molar-refractivity contribution in [3.05, 3.63) is 44.3 Å². The Labute approximate surface area is 214 Å². The minimum atomic E-state index is -3.00. The number of carbonyl (C=O) groups is 2. The summed E-state index contributed by atoms with van der Waals surface area (Å²) in [6.45, 7) is -5.96. The fraction of sp³-hybridized carbons (Fsp3) is 0.333. The van der Waals surface area contributed by atoms with E-state index in [0.717, 1.165) is 0 Å². The van der Waals surface area contributed by atoms with Crippen LogP contribution in [-0.2, 0) is 27.2 Å². The molecular formula is C21H20Br2F4O8. The summed E-state index contributed by atoms with van der Waals surface area (Å²) in [7, 11) is 3.88. The van der Waals surface area contributed by atoms with Crippen molar-refractivity contribution >= 4 is 43.8 Å². The maximum absolute atomic E-state index is 12.2. The first kappa shape index (κ1) is 30.3. The van der Waals surface area contributed by atoms with E-state index in [1.807, 2.05) is 0 Å². The van der Waals surface area contributed by atoms with E-state index in [1.54, 1.807) is 0 Å². The van der Waals surface area contributed by atoms with Crippen molar-refractivity contribution in [1.29, 1.82) is 0 Å². The topological polar surface area (TPSA) is 101 Å². The van der Waals surface area contributed by atoms with Gasteiger partial charge in [0.25, 0.3) is 0 Å². The van der Waals surface area contributed by atoms with Crippen molar-refractivity contribution in [2.24, 2.45) is 0 Å². The zero-order valence-electron chi connectivity index (χ0n) is 18.5. The van der Waals surface area contributed by atoms with Gasteiger partial charge in [0.1, 0.15) is 0 Å². The normalized spacial score (nSPS) is 10.4. The van der Waals surface area contributed by atoms with E-state index in [0.29, 0.717) is 20.1 Å². The van der Waals surface area contributed by atoms with Crippen LogP contribution < -0.4 is 18.9 Å². The fourth-order valence-electron chi connectivity index (χ4n) is 2.51. The predicted octanol–water partition coefficient (Wildman–Crippen LogP) is 5.46. The first-order chi connectivity index (χ1) is 16.4. The molecule has 0 aliphatic rings. The number of hydrogen-bond donors (Lipinski definition) is 1. The molecule has 0 heterocycles. The molecule has 0 unspecified atom stereocenters. The lowest BCUT2D eigenvalue weighted by atomic mass is 10.1. The fourth-order valence-corrected chi connectivity index (χ4v) is 3.44. The highest BCUT2D eigenvalue weighted by Crippen LogP contribution is 2.35. The molecule has 0 aromatic heterocycles. The number of halogens is 6. The Morgan fingerprint density at radius 3 is 1.49 bits per heavy atom. The molecule has 14 heteroatoms. The molecule has 0 aliphatic carbocycles. The largest absolute Gasteiger partial charge is 0.493 e. The lowest BCUT2D eigenvalue weighted by molar-refractivity contribution is -0.140. The summed E-state index contributed by atoms with van der Waals surface area (Å²) in [4.78, 5) is 21.7. The molecule has 0 fully saturated rings. The van der Waals surface area contributed by atoms with Crippen LogP contribution in [0.2, 0.25) is 0 Å². The number of carboxylic acid groups (broad SMARTS) is 1. The second-order valence-electron chi connectivity index (χ2n) is 6.27. The van der Waals surface area contributed by atoms with Gasteiger partial charge in [0.15, 0.2) is 23.0 Å². The lowest BCUT2D eigenvalue weighted by Gasteiger charge is -2.12. The third-order valence-corrected chi connectivity index (χ3v) is 5.48. The van der Waals surface area contributed by atoms with Crippen LogP contribution in [0.4, 0.5) is 17.6 Å². The van der Waals surface area contributed by atoms with Crippen molar-refractivity contribution in [2.45, 2.75) is 26.1 Å². The quantitative estimate of drug-likeness (QED) is 0.271. The zero-order chi connectivity index (χ0) is 26.7. The minimum absolute atomic E-state index is 0.0549. The van der Waals surface area contributed by atoms with Crippen LogP contribution >= 0.6 is 31.9 Å². The van der Waals surface area contributed by atoms with Crippen LogP contribution in [-0.4, -0.2) is 51.6 Å². The van der Waals surface area contributed by atoms with Crippen LogP contribution in [0.5, 0.6) is 23.0 Å². The summed E-state index contributed by atoms with van der Waals surface area (Å²) < 4.78 is 72.5. The van der Waals surface area contributed by atoms with E-state index in [-0.39, 0.29) is 35.8 Å². The second kappa shape index (κ2) is 14.6. The SMILES string of the molecule is COC(=O)Cc1cc(OC(F)F)c(OC)cc1Br.COc1cc(Br)c(CC(=O)O)cc1OC(F)F. The molecule has 0 saturated carbocycles. The Morgan fingerprint density at radius 2 is 1.17 bits per heavy atom. The van der Waals surface area contributed by atoms with E-state index >= 15 is 0 Å². The van der Waals surface area contributed by atoms with Gasteiger partial charge in [0, 0.05) is 8.95 Å². The molecule has 0 radical (unpaired) electrons. The Bertz CT molecular complexity index is 1020. The number of esters is 1. The van der Waals surface area contributed by atoms with E-state index in [9.17, 15) is 27.2 Å². The summed E-state index contributed by atoms with van der Waals surface area (Å²) in [6.07, 6.45) is -0.356. The van der Waals surface area contributed by atoms with Gasteiger partial charge in [0.2, 0.25) is 0 Å². The molecule has 0 spiro atoms. The number of hydrogen-bond acceptors (Lipinski definition) is 7. The van der Waals surface area contributed by atoms with Gasteiger partial charge in [-0.1, -0.05) is 31.9 Å². The number of aliphatic carboxylic acids is 1. The number of ether oxygens (including phenoxy) is 5. The summed E-state index contributed by atoms with van der Waals surface area (Å²) in [5.74, 6) is -1.62. The van der Waals surface area contributed by atoms with Crippen molar-refractivity contribution < 1.29 is 55.9 Å². The number of benzene rings is 2. The Kier molecular flexibility index (Phi) is 12.6. The molecule has 0 atom stereocenters. The van der Waals surface area contributed by atoms with Crippen molar-refractivity contribution in [2.75, 3.05) is 21.3 Å². The van der Waals surface area contributed by atoms with Gasteiger partial charge >= 0.3 is 25.2 Å². The molecule has 0 bridgehead atoms. The molecule has 0 aliphatic heterocycles. The molecule has 194 valence electrons. The Morgan fingerprint density at radius 1 is 0.771 bits per heavy atom. The molecular weight excluding hydrogens is 616 g/mol. The number of methoxy groups -OCH3 is 3. The molecule has 0 amide bonds. The molecule has 2 aromatic carbocycles. The average Bonchev–Trinajstić information content (AvgIpc) is 2.77. The number of alkyl halides is 4. The van der Waals surface area contributed by atoms with E-state index in [2.05, 4.69) is 46.1 Å². The van der Waals surface area contributed by atoms with Gasteiger partial charge in [-0.2, -0.15) is 17.6 Å². The summed E-state index contributed by atoms with van der Waals surface area (Å²) in [6, 6.07) is 5.36. The molecule has 0 saturated heterocycles. The van der Waals surface area contributed by atoms with Crippen LogP contribution in [0.1, 0.15) is 11.1 Å². The summed E-state index contributed by atoms with van der Waals surface area (Å²) in [5, 5.41) is 8.65. The maximum atomic E-state index is 12.2. The summed E-state index contributed by atoms with van der Waals surface area (Å²) in [5.41, 5.74) is 0.798. The Balaban J connectivity index is 0.000000351. The highest BCUT2D eigenvalue weighted by Gasteiger charge is 2.17. The van der Waals surface area contributed by atoms with Gasteiger partial charge in [-0.05, 0) is 35.4 Å². The van der Waals surface area contributed by atoms with E-state index < -0.39 is 25.2 Å². The van der Waals surface area contributed by atoms with E-state index in [4.69, 9.17) is 14.6 Å². The molecule has 2 aromatic rings. The molecule has 35 heavy (non-hydrogen) atoms. The van der Waals surface area contributed by atoms with Crippen LogP contribution in [0.25, 0.3) is 0 Å². The lowest BCUT2D eigenvalue weighted by Crippen LogP contribution is -2.08. The predicted molar refractivity (Wildman–Crippen MR) is 122 cm³/mol. The van der Waals surface area contributed by atoms with Gasteiger partial charge in [-0.25, -0.2) is 0 Å². The molecule has 8 nitrogen and oxygen atoms in total. The first-order valence-corrected chi connectivity index (χ1v) is 10.9. The molecule has 1 N–H and O–H groups in total. The zero-order valence-corrected chi connectivity index (χ0v) is 21.6. The molecule has 2 rings (SSSR count). The highest BCUT2D eigenvalue weighted by molar-refractivity contribution is 9.10. The third-order valence-electron chi connectivity index (χ3n) is 4.00. The Hall–Kier alpha value is -2.74. The van der Waals surface area contributed by atoms with Crippen molar-refractivity contribution in [3.8, 4) is 23.0 Å². The third kappa shape index (κ3) is 10.2. The van der Waals surface area contributed by atoms with Crippen LogP contribution in [0.3, 0.4) is 0 Å². The maximum Gasteiger partial charge on any atom is 0.387 e. The second-order valence-corrected chi connectivity index (χ2v) is 7.98. The van der Waals surface area contributed by atoms with Gasteiger partial charge in [0.05, 0.1) is 34.2 Å². The minimum Gasteiger partial charge on any atom is -0.493 e. The van der Waals surface area contributed by atoms with Gasteiger partial charge in [-0.3, -0.25) is 9.59 Å². The number of rotatable bonds is 10. The van der Waals surface area contributed by atoms with E-state index in [1.165, 1.54) is 45.6 Å². The van der Waals surface area contributed by atoms with Crippen molar-refractivity contribution in [1.82, 2.24) is 0 Å². The summed E-state index contributed by atoms with van der Waals surface area (Å²) >= 11 is 6.35. The highest BCUT2D eigenvalue weighted by atomic mass is 79.9. The van der Waals surface area contributed by atoms with Gasteiger partial charge in [-0.15, -0.1) is 0 Å². The number of carboxylic acids is 1. The van der Waals surface area contributed by atoms with Crippen molar-refractivity contribution in [3.63, 3.8) is 0 Å². The first-order valence-electron chi connectivity index (χ1n) is 9.32. The smallest absolute Gasteiger partial charge is 0.387 e. The van der Waals surface area contributed by atoms with Crippen LogP contribution in [0.15, 0.2) is 33.2 Å². The standard InChI is InChI=1S/C11H11BrF2O4.C10H9BrF2O4/c1-16-8-5-7(12)6(4-10(15)17-2)3-9(8)18-11(13)14;1-16-7-4-6(11)5(3-9(14)15)2-8(7)17-10(12)13/h3,5,11H,4H2,1-2H3;2,4,10H,3H2,1H3,(H,14,15). The van der Waals surface area contributed by atoms with Crippen LogP contribution in [0, 0.1) is 0 Å². The van der Waals surface area contributed by atoms with Gasteiger partial charge < -0.3 is 28.8 Å². The average molecular weight is 636 g/mol. The number of carbonyl (C=O) groups excluding carboxylic acids is 1.